The van der Waals surface area contributed by atoms with Crippen molar-refractivity contribution in [2.24, 2.45) is 7.05 Å². The van der Waals surface area contributed by atoms with Crippen LogP contribution in [0.2, 0.25) is 10.2 Å². The number of halogens is 2. The predicted molar refractivity (Wildman–Crippen MR) is 104 cm³/mol. The Morgan fingerprint density at radius 2 is 1.78 bits per heavy atom. The van der Waals surface area contributed by atoms with Crippen molar-refractivity contribution in [3.05, 3.63) is 55.8 Å². The molecule has 0 bridgehead atoms. The molecule has 3 aromatic rings. The van der Waals surface area contributed by atoms with Crippen LogP contribution in [0, 0.1) is 24.0 Å². The Bertz CT molecular complexity index is 1090. The highest BCUT2D eigenvalue weighted by Crippen LogP contribution is 2.41. The number of nitrogens with zero attached hydrogens (tertiary/aromatic N) is 3. The number of phenols is 2. The van der Waals surface area contributed by atoms with Crippen molar-refractivity contribution in [2.75, 3.05) is 0 Å². The van der Waals surface area contributed by atoms with Crippen LogP contribution in [0.15, 0.2) is 24.3 Å². The average Bonchev–Trinajstić information content (AvgIpc) is 2.96. The number of nitro groups is 1. The highest BCUT2D eigenvalue weighted by Gasteiger charge is 2.22. The van der Waals surface area contributed by atoms with Crippen LogP contribution in [-0.2, 0) is 7.05 Å². The zero-order valence-corrected chi connectivity index (χ0v) is 16.1. The zero-order chi connectivity index (χ0) is 20.0. The van der Waals surface area contributed by atoms with Crippen LogP contribution in [-0.4, -0.2) is 24.7 Å². The molecule has 0 fully saturated rings. The summed E-state index contributed by atoms with van der Waals surface area (Å²) in [5.74, 6) is -1.34. The van der Waals surface area contributed by atoms with Gasteiger partial charge in [-0.25, -0.2) is 4.98 Å². The number of nitro benzene ring substituents is 1. The van der Waals surface area contributed by atoms with Crippen molar-refractivity contribution in [2.45, 2.75) is 13.8 Å². The number of benzene rings is 1. The van der Waals surface area contributed by atoms with Gasteiger partial charge < -0.3 is 14.8 Å². The second-order valence-corrected chi connectivity index (χ2v) is 6.82. The summed E-state index contributed by atoms with van der Waals surface area (Å²) in [5.41, 5.74) is 3.11. The second kappa shape index (κ2) is 6.75. The van der Waals surface area contributed by atoms with Crippen LogP contribution >= 0.6 is 23.2 Å². The molecule has 0 saturated heterocycles. The summed E-state index contributed by atoms with van der Waals surface area (Å²) in [6.07, 6.45) is 0. The molecule has 9 heteroatoms. The van der Waals surface area contributed by atoms with Gasteiger partial charge in [0.25, 0.3) is 0 Å². The van der Waals surface area contributed by atoms with Gasteiger partial charge in [0.2, 0.25) is 5.75 Å². The first-order valence-corrected chi connectivity index (χ1v) is 8.58. The summed E-state index contributed by atoms with van der Waals surface area (Å²) in [5, 5.41) is 31.4. The van der Waals surface area contributed by atoms with Crippen molar-refractivity contribution < 1.29 is 15.1 Å². The van der Waals surface area contributed by atoms with Gasteiger partial charge in [-0.05, 0) is 37.6 Å². The standard InChI is InChI=1S/C18H15Cl2N3O4/c1-8-15(18(20)21-9(2)16(8)19)12-5-4-11(22(12)3)10-6-13(23(26)27)17(25)14(24)7-10/h4-7,24-25H,1-3H3. The Balaban J connectivity index is 2.22. The summed E-state index contributed by atoms with van der Waals surface area (Å²) in [6.45, 7) is 3.60. The van der Waals surface area contributed by atoms with Crippen molar-refractivity contribution >= 4 is 28.9 Å². The molecule has 0 radical (unpaired) electrons. The van der Waals surface area contributed by atoms with Crippen LogP contribution in [0.1, 0.15) is 11.3 Å². The molecular weight excluding hydrogens is 393 g/mol. The van der Waals surface area contributed by atoms with Gasteiger partial charge in [-0.2, -0.15) is 0 Å². The largest absolute Gasteiger partial charge is 0.504 e. The number of rotatable bonds is 3. The van der Waals surface area contributed by atoms with Gasteiger partial charge in [-0.15, -0.1) is 0 Å². The van der Waals surface area contributed by atoms with E-state index >= 15 is 0 Å². The van der Waals surface area contributed by atoms with Crippen molar-refractivity contribution in [1.82, 2.24) is 9.55 Å². The van der Waals surface area contributed by atoms with E-state index < -0.39 is 22.1 Å². The number of phenolic OH excluding ortho intramolecular Hbond substituents is 2. The molecule has 27 heavy (non-hydrogen) atoms. The third kappa shape index (κ3) is 3.09. The first kappa shape index (κ1) is 19.0. The van der Waals surface area contributed by atoms with Gasteiger partial charge in [-0.1, -0.05) is 23.2 Å². The molecule has 3 rings (SSSR count). The molecule has 0 aliphatic carbocycles. The lowest BCUT2D eigenvalue weighted by molar-refractivity contribution is -0.385. The minimum atomic E-state index is -0.772. The number of aromatic nitrogens is 2. The summed E-state index contributed by atoms with van der Waals surface area (Å²) in [7, 11) is 1.75. The molecule has 2 heterocycles. The molecule has 1 aromatic carbocycles. The van der Waals surface area contributed by atoms with E-state index in [0.29, 0.717) is 38.4 Å². The number of aromatic hydroxyl groups is 2. The minimum absolute atomic E-state index is 0.293. The molecule has 0 aliphatic heterocycles. The van der Waals surface area contributed by atoms with Crippen LogP contribution in [0.3, 0.4) is 0 Å². The molecule has 0 unspecified atom stereocenters. The number of hydrogen-bond acceptors (Lipinski definition) is 5. The highest BCUT2D eigenvalue weighted by molar-refractivity contribution is 6.35. The lowest BCUT2D eigenvalue weighted by atomic mass is 10.1. The molecule has 0 atom stereocenters. The maximum Gasteiger partial charge on any atom is 0.315 e. The lowest BCUT2D eigenvalue weighted by Gasteiger charge is -2.14. The van der Waals surface area contributed by atoms with Crippen LogP contribution in [0.4, 0.5) is 5.69 Å². The van der Waals surface area contributed by atoms with Gasteiger partial charge in [0.15, 0.2) is 5.75 Å². The zero-order valence-electron chi connectivity index (χ0n) is 14.6. The van der Waals surface area contributed by atoms with E-state index in [4.69, 9.17) is 23.2 Å². The fourth-order valence-electron chi connectivity index (χ4n) is 3.03. The molecule has 140 valence electrons. The third-order valence-electron chi connectivity index (χ3n) is 4.43. The van der Waals surface area contributed by atoms with Crippen LogP contribution in [0.5, 0.6) is 11.5 Å². The first-order chi connectivity index (χ1) is 12.6. The fraction of sp³-hybridized carbons (Fsp3) is 0.167. The SMILES string of the molecule is Cc1nc(Cl)c(-c2ccc(-c3cc(O)c(O)c([N+](=O)[O-])c3)n2C)c(C)c1Cl. The molecule has 0 amide bonds. The summed E-state index contributed by atoms with van der Waals surface area (Å²) < 4.78 is 1.76. The third-order valence-corrected chi connectivity index (χ3v) is 5.26. The molecule has 0 aliphatic rings. The van der Waals surface area contributed by atoms with E-state index in [1.807, 2.05) is 6.92 Å². The van der Waals surface area contributed by atoms with Gasteiger partial charge in [0.1, 0.15) is 5.15 Å². The van der Waals surface area contributed by atoms with E-state index in [9.17, 15) is 20.3 Å². The number of hydrogen-bond donors (Lipinski definition) is 2. The van der Waals surface area contributed by atoms with Crippen molar-refractivity contribution in [1.29, 1.82) is 0 Å². The van der Waals surface area contributed by atoms with Crippen molar-refractivity contribution in [3.63, 3.8) is 0 Å². The van der Waals surface area contributed by atoms with E-state index in [1.165, 1.54) is 12.1 Å². The van der Waals surface area contributed by atoms with Gasteiger partial charge in [-0.3, -0.25) is 10.1 Å². The molecular formula is C18H15Cl2N3O4. The predicted octanol–water partition coefficient (Wildman–Crippen LogP) is 5.00. The molecule has 2 aromatic heterocycles. The van der Waals surface area contributed by atoms with E-state index in [2.05, 4.69) is 4.98 Å². The Hall–Kier alpha value is -2.77. The van der Waals surface area contributed by atoms with Crippen molar-refractivity contribution in [3.8, 4) is 34.0 Å². The van der Waals surface area contributed by atoms with Crippen LogP contribution < -0.4 is 0 Å². The Labute approximate surface area is 164 Å². The molecule has 7 nitrogen and oxygen atoms in total. The second-order valence-electron chi connectivity index (χ2n) is 6.09. The molecule has 0 spiro atoms. The Morgan fingerprint density at radius 3 is 2.41 bits per heavy atom. The smallest absolute Gasteiger partial charge is 0.315 e. The lowest BCUT2D eigenvalue weighted by Crippen LogP contribution is -2.00. The number of pyridine rings is 1. The Kier molecular flexibility index (Phi) is 4.75. The first-order valence-electron chi connectivity index (χ1n) is 7.82. The maximum atomic E-state index is 11.1. The van der Waals surface area contributed by atoms with E-state index in [1.54, 1.807) is 30.7 Å². The fourth-order valence-corrected chi connectivity index (χ4v) is 3.53. The normalized spacial score (nSPS) is 11.0. The average molecular weight is 408 g/mol. The van der Waals surface area contributed by atoms with Gasteiger partial charge >= 0.3 is 5.69 Å². The van der Waals surface area contributed by atoms with Gasteiger partial charge in [0, 0.05) is 29.9 Å². The van der Waals surface area contributed by atoms with E-state index in [-0.39, 0.29) is 0 Å². The maximum absolute atomic E-state index is 11.1. The quantitative estimate of drug-likeness (QED) is 0.275. The Morgan fingerprint density at radius 1 is 1.15 bits per heavy atom. The monoisotopic (exact) mass is 407 g/mol. The summed E-state index contributed by atoms with van der Waals surface area (Å²) in [6, 6.07) is 5.97. The topological polar surface area (TPSA) is 101 Å². The highest BCUT2D eigenvalue weighted by atomic mass is 35.5. The number of aryl methyl sites for hydroxylation is 1. The van der Waals surface area contributed by atoms with E-state index in [0.717, 1.165) is 5.56 Å². The molecule has 2 N–H and O–H groups in total. The summed E-state index contributed by atoms with van der Waals surface area (Å²) in [4.78, 5) is 14.6. The van der Waals surface area contributed by atoms with Gasteiger partial charge in [0.05, 0.1) is 21.3 Å². The summed E-state index contributed by atoms with van der Waals surface area (Å²) >= 11 is 12.6. The molecule has 0 saturated carbocycles. The minimum Gasteiger partial charge on any atom is -0.504 e. The van der Waals surface area contributed by atoms with Crippen LogP contribution in [0.25, 0.3) is 22.5 Å².